The van der Waals surface area contributed by atoms with Crippen LogP contribution in [-0.4, -0.2) is 30.2 Å². The minimum atomic E-state index is -0.396. The Morgan fingerprint density at radius 3 is 2.64 bits per heavy atom. The van der Waals surface area contributed by atoms with Crippen molar-refractivity contribution < 1.29 is 9.90 Å². The quantitative estimate of drug-likeness (QED) is 0.503. The highest BCUT2D eigenvalue weighted by Crippen LogP contribution is 2.11. The molecule has 0 aromatic heterocycles. The molecule has 0 radical (unpaired) electrons. The molecular formula is C6H13ClN2O2. The number of β-amino-alcohol motifs (C(OH)–C–C–N with tert-alkyl or cyclic N) is 1. The summed E-state index contributed by atoms with van der Waals surface area (Å²) in [5.41, 5.74) is 4.96. The number of primary amides is 1. The third-order valence-corrected chi connectivity index (χ3v) is 1.77. The van der Waals surface area contributed by atoms with Gasteiger partial charge in [0.25, 0.3) is 0 Å². The van der Waals surface area contributed by atoms with Gasteiger partial charge in [0.2, 0.25) is 5.91 Å². The number of aliphatic hydroxyl groups excluding tert-OH is 1. The third kappa shape index (κ3) is 3.05. The Kier molecular flexibility index (Phi) is 4.40. The molecule has 4 nitrogen and oxygen atoms in total. The van der Waals surface area contributed by atoms with Crippen molar-refractivity contribution in [3.63, 3.8) is 0 Å². The highest BCUT2D eigenvalue weighted by molar-refractivity contribution is 5.85. The summed E-state index contributed by atoms with van der Waals surface area (Å²) in [5.74, 6) is -0.315. The van der Waals surface area contributed by atoms with Gasteiger partial charge >= 0.3 is 0 Å². The Morgan fingerprint density at radius 2 is 2.27 bits per heavy atom. The normalized spacial score (nSPS) is 29.5. The lowest BCUT2D eigenvalue weighted by Gasteiger charge is -2.09. The summed E-state index contributed by atoms with van der Waals surface area (Å²) in [6.07, 6.45) is -0.110. The number of carbonyl (C=O) groups excluding carboxylic acids is 1. The smallest absolute Gasteiger partial charge is 0.217 e. The summed E-state index contributed by atoms with van der Waals surface area (Å²) in [5, 5.41) is 12.1. The van der Waals surface area contributed by atoms with E-state index in [2.05, 4.69) is 5.32 Å². The van der Waals surface area contributed by atoms with Crippen LogP contribution in [0.1, 0.15) is 6.42 Å². The van der Waals surface area contributed by atoms with Crippen LogP contribution in [0.15, 0.2) is 0 Å². The molecule has 1 aliphatic heterocycles. The van der Waals surface area contributed by atoms with Crippen LogP contribution >= 0.6 is 12.4 Å². The molecule has 0 aromatic carbocycles. The Labute approximate surface area is 71.6 Å². The monoisotopic (exact) mass is 180 g/mol. The summed E-state index contributed by atoms with van der Waals surface area (Å²) in [6, 6.07) is 0. The Morgan fingerprint density at radius 1 is 1.64 bits per heavy atom. The largest absolute Gasteiger partial charge is 0.391 e. The third-order valence-electron chi connectivity index (χ3n) is 1.77. The molecule has 2 atom stereocenters. The molecule has 0 aliphatic carbocycles. The maximum absolute atomic E-state index is 10.4. The van der Waals surface area contributed by atoms with E-state index in [9.17, 15) is 4.79 Å². The van der Waals surface area contributed by atoms with E-state index in [1.165, 1.54) is 0 Å². The van der Waals surface area contributed by atoms with Crippen molar-refractivity contribution >= 4 is 18.3 Å². The number of halogens is 1. The van der Waals surface area contributed by atoms with Gasteiger partial charge in [-0.15, -0.1) is 12.4 Å². The van der Waals surface area contributed by atoms with Gasteiger partial charge in [-0.1, -0.05) is 0 Å². The predicted octanol–water partition coefficient (Wildman–Crippen LogP) is -1.14. The molecule has 1 fully saturated rings. The number of hydrogen-bond acceptors (Lipinski definition) is 3. The first-order chi connectivity index (χ1) is 4.70. The molecule has 11 heavy (non-hydrogen) atoms. The van der Waals surface area contributed by atoms with Crippen LogP contribution in [0.5, 0.6) is 0 Å². The van der Waals surface area contributed by atoms with Gasteiger partial charge in [0.1, 0.15) is 0 Å². The van der Waals surface area contributed by atoms with Gasteiger partial charge in [-0.25, -0.2) is 0 Å². The van der Waals surface area contributed by atoms with Crippen molar-refractivity contribution in [3.8, 4) is 0 Å². The second kappa shape index (κ2) is 4.54. The van der Waals surface area contributed by atoms with E-state index in [0.717, 1.165) is 0 Å². The lowest BCUT2D eigenvalue weighted by Crippen LogP contribution is -2.24. The van der Waals surface area contributed by atoms with Crippen LogP contribution in [0.3, 0.4) is 0 Å². The molecule has 5 heteroatoms. The fourth-order valence-electron chi connectivity index (χ4n) is 1.19. The second-order valence-electron chi connectivity index (χ2n) is 2.66. The van der Waals surface area contributed by atoms with Crippen LogP contribution in [-0.2, 0) is 4.79 Å². The van der Waals surface area contributed by atoms with E-state index in [1.54, 1.807) is 0 Å². The summed E-state index contributed by atoms with van der Waals surface area (Å²) < 4.78 is 0. The number of amides is 1. The van der Waals surface area contributed by atoms with Crippen molar-refractivity contribution in [3.05, 3.63) is 0 Å². The van der Waals surface area contributed by atoms with E-state index >= 15 is 0 Å². The van der Waals surface area contributed by atoms with E-state index in [-0.39, 0.29) is 30.7 Å². The summed E-state index contributed by atoms with van der Waals surface area (Å²) in [6.45, 7) is 1.28. The first-order valence-corrected chi connectivity index (χ1v) is 3.37. The zero-order chi connectivity index (χ0) is 7.56. The summed E-state index contributed by atoms with van der Waals surface area (Å²) >= 11 is 0. The summed E-state index contributed by atoms with van der Waals surface area (Å²) in [4.78, 5) is 10.4. The fourth-order valence-corrected chi connectivity index (χ4v) is 1.19. The zero-order valence-electron chi connectivity index (χ0n) is 6.12. The van der Waals surface area contributed by atoms with Gasteiger partial charge in [0, 0.05) is 25.4 Å². The van der Waals surface area contributed by atoms with Crippen molar-refractivity contribution in [2.75, 3.05) is 13.1 Å². The van der Waals surface area contributed by atoms with Crippen LogP contribution in [0.25, 0.3) is 0 Å². The Bertz CT molecular complexity index is 143. The number of nitrogens with one attached hydrogen (secondary N) is 1. The lowest BCUT2D eigenvalue weighted by molar-refractivity contribution is -0.119. The fraction of sp³-hybridized carbons (Fsp3) is 0.833. The van der Waals surface area contributed by atoms with E-state index in [0.29, 0.717) is 13.1 Å². The molecule has 1 amide bonds. The van der Waals surface area contributed by atoms with Gasteiger partial charge in [-0.05, 0) is 0 Å². The molecule has 1 rings (SSSR count). The molecule has 1 heterocycles. The zero-order valence-corrected chi connectivity index (χ0v) is 6.93. The van der Waals surface area contributed by atoms with Gasteiger partial charge in [-0.3, -0.25) is 4.79 Å². The Balaban J connectivity index is 0.000001000. The molecule has 66 valence electrons. The molecule has 1 saturated heterocycles. The van der Waals surface area contributed by atoms with Crippen molar-refractivity contribution in [1.29, 1.82) is 0 Å². The highest BCUT2D eigenvalue weighted by atomic mass is 35.5. The average Bonchev–Trinajstić information content (AvgIpc) is 2.15. The number of carbonyl (C=O) groups is 1. The first-order valence-electron chi connectivity index (χ1n) is 3.37. The van der Waals surface area contributed by atoms with Crippen LogP contribution in [0.2, 0.25) is 0 Å². The van der Waals surface area contributed by atoms with Crippen LogP contribution < -0.4 is 11.1 Å². The number of rotatable bonds is 2. The topological polar surface area (TPSA) is 75.4 Å². The second-order valence-corrected chi connectivity index (χ2v) is 2.66. The minimum Gasteiger partial charge on any atom is -0.391 e. The number of aliphatic hydroxyl groups is 1. The lowest BCUT2D eigenvalue weighted by atomic mass is 10.0. The van der Waals surface area contributed by atoms with Crippen molar-refractivity contribution in [2.24, 2.45) is 11.7 Å². The van der Waals surface area contributed by atoms with E-state index in [1.807, 2.05) is 0 Å². The summed E-state index contributed by atoms with van der Waals surface area (Å²) in [7, 11) is 0. The minimum absolute atomic E-state index is 0. The maximum atomic E-state index is 10.4. The van der Waals surface area contributed by atoms with Gasteiger partial charge in [0.15, 0.2) is 0 Å². The standard InChI is InChI=1S/C6H12N2O2.ClH/c7-6(10)1-4-2-8-3-5(4)9;/h4-5,8-9H,1-3H2,(H2,7,10);1H. The highest BCUT2D eigenvalue weighted by Gasteiger charge is 2.25. The van der Waals surface area contributed by atoms with Crippen LogP contribution in [0.4, 0.5) is 0 Å². The SMILES string of the molecule is Cl.NC(=O)CC1CNCC1O. The molecule has 0 aromatic rings. The van der Waals surface area contributed by atoms with E-state index < -0.39 is 6.10 Å². The molecule has 2 unspecified atom stereocenters. The Hall–Kier alpha value is -0.320. The molecular weight excluding hydrogens is 168 g/mol. The molecule has 4 N–H and O–H groups in total. The first kappa shape index (κ1) is 10.7. The number of hydrogen-bond donors (Lipinski definition) is 3. The van der Waals surface area contributed by atoms with Gasteiger partial charge < -0.3 is 16.2 Å². The average molecular weight is 181 g/mol. The van der Waals surface area contributed by atoms with Crippen molar-refractivity contribution in [2.45, 2.75) is 12.5 Å². The predicted molar refractivity (Wildman–Crippen MR) is 43.4 cm³/mol. The van der Waals surface area contributed by atoms with Crippen LogP contribution in [0, 0.1) is 5.92 Å². The molecule has 0 spiro atoms. The van der Waals surface area contributed by atoms with Gasteiger partial charge in [-0.2, -0.15) is 0 Å². The van der Waals surface area contributed by atoms with Crippen molar-refractivity contribution in [1.82, 2.24) is 5.32 Å². The molecule has 0 saturated carbocycles. The maximum Gasteiger partial charge on any atom is 0.217 e. The molecule has 0 bridgehead atoms. The number of nitrogens with two attached hydrogens (primary N) is 1. The molecule has 1 aliphatic rings. The van der Waals surface area contributed by atoms with Gasteiger partial charge in [0.05, 0.1) is 6.10 Å². The van der Waals surface area contributed by atoms with E-state index in [4.69, 9.17) is 10.8 Å².